The molecule has 3 rings (SSSR count). The van der Waals surface area contributed by atoms with E-state index >= 15 is 0 Å². The number of nitrogens with one attached hydrogen (secondary N) is 1. The highest BCUT2D eigenvalue weighted by Crippen LogP contribution is 2.17. The van der Waals surface area contributed by atoms with E-state index in [-0.39, 0.29) is 5.56 Å². The summed E-state index contributed by atoms with van der Waals surface area (Å²) in [7, 11) is 1.99. The fourth-order valence-corrected chi connectivity index (χ4v) is 2.88. The summed E-state index contributed by atoms with van der Waals surface area (Å²) in [6, 6.07) is 7.44. The summed E-state index contributed by atoms with van der Waals surface area (Å²) in [6.45, 7) is 4.23. The first-order valence-corrected chi connectivity index (χ1v) is 7.94. The molecule has 2 aromatic heterocycles. The predicted molar refractivity (Wildman–Crippen MR) is 92.7 cm³/mol. The number of nitrogens with zero attached hydrogens (tertiary/aromatic N) is 3. The fraction of sp³-hybridized carbons (Fsp3) is 0.294. The van der Waals surface area contributed by atoms with Crippen molar-refractivity contribution < 1.29 is 0 Å². The summed E-state index contributed by atoms with van der Waals surface area (Å²) in [5.41, 5.74) is 1.41. The minimum atomic E-state index is -0.0783. The Morgan fingerprint density at radius 1 is 1.30 bits per heavy atom. The van der Waals surface area contributed by atoms with Gasteiger partial charge in [0, 0.05) is 41.6 Å². The van der Waals surface area contributed by atoms with Gasteiger partial charge in [-0.1, -0.05) is 17.7 Å². The third kappa shape index (κ3) is 3.46. The molecule has 23 heavy (non-hydrogen) atoms. The number of H-pyrrole nitrogens is 1. The molecular formula is C17H19ClN4O. The van der Waals surface area contributed by atoms with E-state index in [4.69, 9.17) is 11.6 Å². The normalized spacial score (nSPS) is 11.5. The molecule has 0 aliphatic carbocycles. The quantitative estimate of drug-likeness (QED) is 0.782. The van der Waals surface area contributed by atoms with E-state index in [1.54, 1.807) is 12.3 Å². The van der Waals surface area contributed by atoms with Gasteiger partial charge in [0.15, 0.2) is 0 Å². The first kappa shape index (κ1) is 15.8. The maximum absolute atomic E-state index is 12.3. The lowest BCUT2D eigenvalue weighted by Gasteiger charge is -2.17. The van der Waals surface area contributed by atoms with Crippen LogP contribution in [0.5, 0.6) is 0 Å². The van der Waals surface area contributed by atoms with E-state index in [0.717, 1.165) is 28.8 Å². The SMILES string of the molecule is CCn1ccnc1CN(C)Cc1cc2ccc(Cl)cc2[nH]c1=O. The molecule has 0 bridgehead atoms. The number of aromatic amines is 1. The highest BCUT2D eigenvalue weighted by atomic mass is 35.5. The molecule has 2 heterocycles. The molecule has 5 nitrogen and oxygen atoms in total. The molecule has 0 aliphatic heterocycles. The van der Waals surface area contributed by atoms with Crippen molar-refractivity contribution in [3.63, 3.8) is 0 Å². The van der Waals surface area contributed by atoms with Crippen molar-refractivity contribution in [3.8, 4) is 0 Å². The highest BCUT2D eigenvalue weighted by molar-refractivity contribution is 6.31. The summed E-state index contributed by atoms with van der Waals surface area (Å²) in [6.07, 6.45) is 3.77. The Morgan fingerprint density at radius 3 is 2.91 bits per heavy atom. The van der Waals surface area contributed by atoms with Gasteiger partial charge in [-0.3, -0.25) is 9.69 Å². The average Bonchev–Trinajstić information content (AvgIpc) is 2.95. The zero-order valence-corrected chi connectivity index (χ0v) is 14.0. The second-order valence-corrected chi connectivity index (χ2v) is 6.09. The molecular weight excluding hydrogens is 312 g/mol. The molecule has 0 spiro atoms. The topological polar surface area (TPSA) is 53.9 Å². The molecule has 0 amide bonds. The van der Waals surface area contributed by atoms with E-state index < -0.39 is 0 Å². The second kappa shape index (κ2) is 6.56. The average molecular weight is 331 g/mol. The number of aromatic nitrogens is 3. The number of imidazole rings is 1. The van der Waals surface area contributed by atoms with Crippen LogP contribution in [0, 0.1) is 0 Å². The Kier molecular flexibility index (Phi) is 4.50. The van der Waals surface area contributed by atoms with Crippen LogP contribution in [-0.2, 0) is 19.6 Å². The number of hydrogen-bond donors (Lipinski definition) is 1. The molecule has 1 N–H and O–H groups in total. The summed E-state index contributed by atoms with van der Waals surface area (Å²) in [4.78, 5) is 21.6. The summed E-state index contributed by atoms with van der Waals surface area (Å²) in [5, 5.41) is 1.59. The number of halogens is 1. The third-order valence-corrected chi connectivity index (χ3v) is 4.11. The Morgan fingerprint density at radius 2 is 2.13 bits per heavy atom. The van der Waals surface area contributed by atoms with Gasteiger partial charge in [0.05, 0.1) is 6.54 Å². The molecule has 0 atom stereocenters. The van der Waals surface area contributed by atoms with Gasteiger partial charge in [-0.05, 0) is 37.6 Å². The number of pyridine rings is 1. The van der Waals surface area contributed by atoms with Gasteiger partial charge in [-0.15, -0.1) is 0 Å². The molecule has 0 unspecified atom stereocenters. The summed E-state index contributed by atoms with van der Waals surface area (Å²) < 4.78 is 2.10. The van der Waals surface area contributed by atoms with Crippen LogP contribution >= 0.6 is 11.6 Å². The largest absolute Gasteiger partial charge is 0.334 e. The van der Waals surface area contributed by atoms with Crippen LogP contribution in [-0.4, -0.2) is 26.5 Å². The van der Waals surface area contributed by atoms with E-state index in [1.807, 2.05) is 31.4 Å². The number of hydrogen-bond acceptors (Lipinski definition) is 3. The zero-order valence-electron chi connectivity index (χ0n) is 13.2. The van der Waals surface area contributed by atoms with Crippen molar-refractivity contribution >= 4 is 22.5 Å². The van der Waals surface area contributed by atoms with Gasteiger partial charge in [-0.25, -0.2) is 4.98 Å². The van der Waals surface area contributed by atoms with Gasteiger partial charge in [-0.2, -0.15) is 0 Å². The van der Waals surface area contributed by atoms with Crippen molar-refractivity contribution in [1.82, 2.24) is 19.4 Å². The van der Waals surface area contributed by atoms with Crippen LogP contribution in [0.2, 0.25) is 5.02 Å². The molecule has 0 radical (unpaired) electrons. The zero-order chi connectivity index (χ0) is 16.4. The minimum Gasteiger partial charge on any atom is -0.334 e. The molecule has 0 saturated heterocycles. The van der Waals surface area contributed by atoms with Crippen molar-refractivity contribution in [1.29, 1.82) is 0 Å². The van der Waals surface area contributed by atoms with E-state index in [0.29, 0.717) is 18.1 Å². The van der Waals surface area contributed by atoms with Gasteiger partial charge < -0.3 is 9.55 Å². The van der Waals surface area contributed by atoms with Crippen LogP contribution in [0.1, 0.15) is 18.3 Å². The second-order valence-electron chi connectivity index (χ2n) is 5.66. The van der Waals surface area contributed by atoms with E-state index in [1.165, 1.54) is 0 Å². The van der Waals surface area contributed by atoms with Crippen LogP contribution in [0.15, 0.2) is 41.5 Å². The first-order valence-electron chi connectivity index (χ1n) is 7.57. The third-order valence-electron chi connectivity index (χ3n) is 3.88. The number of rotatable bonds is 5. The summed E-state index contributed by atoms with van der Waals surface area (Å²) >= 11 is 5.96. The van der Waals surface area contributed by atoms with Crippen LogP contribution in [0.25, 0.3) is 10.9 Å². The lowest BCUT2D eigenvalue weighted by Crippen LogP contribution is -2.24. The lowest BCUT2D eigenvalue weighted by atomic mass is 10.1. The van der Waals surface area contributed by atoms with E-state index in [9.17, 15) is 4.79 Å². The standard InChI is InChI=1S/C17H19ClN4O/c1-3-22-7-6-19-16(22)11-21(2)10-13-8-12-4-5-14(18)9-15(12)20-17(13)23/h4-9H,3,10-11H2,1-2H3,(H,20,23). The number of aryl methyl sites for hydroxylation is 1. The first-order chi connectivity index (χ1) is 11.1. The Bertz CT molecular complexity index is 884. The molecule has 0 saturated carbocycles. The molecule has 1 aromatic carbocycles. The smallest absolute Gasteiger partial charge is 0.252 e. The molecule has 3 aromatic rings. The van der Waals surface area contributed by atoms with E-state index in [2.05, 4.69) is 26.4 Å². The Balaban J connectivity index is 1.82. The minimum absolute atomic E-state index is 0.0783. The van der Waals surface area contributed by atoms with Crippen LogP contribution < -0.4 is 5.56 Å². The molecule has 6 heteroatoms. The van der Waals surface area contributed by atoms with Crippen LogP contribution in [0.3, 0.4) is 0 Å². The van der Waals surface area contributed by atoms with Crippen LogP contribution in [0.4, 0.5) is 0 Å². The van der Waals surface area contributed by atoms with Crippen molar-refractivity contribution in [2.75, 3.05) is 7.05 Å². The monoisotopic (exact) mass is 330 g/mol. The molecule has 0 fully saturated rings. The maximum atomic E-state index is 12.3. The van der Waals surface area contributed by atoms with Crippen molar-refractivity contribution in [2.24, 2.45) is 0 Å². The number of benzene rings is 1. The lowest BCUT2D eigenvalue weighted by molar-refractivity contribution is 0.304. The highest BCUT2D eigenvalue weighted by Gasteiger charge is 2.10. The summed E-state index contributed by atoms with van der Waals surface area (Å²) in [5.74, 6) is 0.999. The Labute approximate surface area is 139 Å². The van der Waals surface area contributed by atoms with Gasteiger partial charge in [0.1, 0.15) is 5.82 Å². The molecule has 0 aliphatic rings. The van der Waals surface area contributed by atoms with Crippen molar-refractivity contribution in [3.05, 3.63) is 63.4 Å². The maximum Gasteiger partial charge on any atom is 0.252 e. The Hall–Kier alpha value is -2.11. The van der Waals surface area contributed by atoms with Gasteiger partial charge >= 0.3 is 0 Å². The fourth-order valence-electron chi connectivity index (χ4n) is 2.70. The number of fused-ring (bicyclic) bond motifs is 1. The molecule has 120 valence electrons. The van der Waals surface area contributed by atoms with Crippen molar-refractivity contribution in [2.45, 2.75) is 26.6 Å². The predicted octanol–water partition coefficient (Wildman–Crippen LogP) is 3.03. The van der Waals surface area contributed by atoms with Gasteiger partial charge in [0.25, 0.3) is 5.56 Å². The van der Waals surface area contributed by atoms with Gasteiger partial charge in [0.2, 0.25) is 0 Å².